The lowest BCUT2D eigenvalue weighted by Crippen LogP contribution is -2.12. The van der Waals surface area contributed by atoms with Crippen molar-refractivity contribution in [3.63, 3.8) is 0 Å². The van der Waals surface area contributed by atoms with Gasteiger partial charge in [-0.05, 0) is 31.0 Å². The van der Waals surface area contributed by atoms with Gasteiger partial charge < -0.3 is 15.8 Å². The van der Waals surface area contributed by atoms with Gasteiger partial charge in [0, 0.05) is 31.5 Å². The summed E-state index contributed by atoms with van der Waals surface area (Å²) in [5.41, 5.74) is 6.40. The number of rotatable bonds is 7. The summed E-state index contributed by atoms with van der Waals surface area (Å²) in [5.74, 6) is -0.389. The number of hydrogen-bond donors (Lipinski definition) is 2. The van der Waals surface area contributed by atoms with E-state index in [0.717, 1.165) is 31.7 Å². The van der Waals surface area contributed by atoms with Gasteiger partial charge in [-0.2, -0.15) is 0 Å². The van der Waals surface area contributed by atoms with Crippen LogP contribution < -0.4 is 11.1 Å². The number of nitrogens with one attached hydrogen (secondary N) is 1. The minimum atomic E-state index is -0.389. The molecule has 0 amide bonds. The number of hydrogen-bond acceptors (Lipinski definition) is 3. The van der Waals surface area contributed by atoms with Gasteiger partial charge in [0.05, 0.1) is 0 Å². The molecule has 3 N–H and O–H groups in total. The van der Waals surface area contributed by atoms with E-state index in [1.807, 2.05) is 0 Å². The maximum atomic E-state index is 13.5. The predicted molar refractivity (Wildman–Crippen MR) is 71.9 cm³/mol. The molecular formula is C12H17FN2OS. The first kappa shape index (κ1) is 13.9. The van der Waals surface area contributed by atoms with Gasteiger partial charge in [0.25, 0.3) is 0 Å². The van der Waals surface area contributed by atoms with Crippen molar-refractivity contribution >= 4 is 22.9 Å². The third-order valence-electron chi connectivity index (χ3n) is 2.34. The Bertz CT molecular complexity index is 385. The average molecular weight is 256 g/mol. The summed E-state index contributed by atoms with van der Waals surface area (Å²) < 4.78 is 18.4. The Labute approximate surface area is 106 Å². The summed E-state index contributed by atoms with van der Waals surface area (Å²) in [6, 6.07) is 4.77. The van der Waals surface area contributed by atoms with Crippen LogP contribution in [0, 0.1) is 5.82 Å². The number of ether oxygens (including phenoxy) is 1. The van der Waals surface area contributed by atoms with E-state index in [1.165, 1.54) is 6.07 Å². The molecule has 0 aliphatic rings. The van der Waals surface area contributed by atoms with Gasteiger partial charge >= 0.3 is 0 Å². The molecule has 0 spiro atoms. The van der Waals surface area contributed by atoms with E-state index in [0.29, 0.717) is 0 Å². The van der Waals surface area contributed by atoms with E-state index >= 15 is 0 Å². The van der Waals surface area contributed by atoms with Crippen molar-refractivity contribution in [2.75, 3.05) is 25.6 Å². The molecule has 94 valence electrons. The van der Waals surface area contributed by atoms with Crippen LogP contribution in [-0.4, -0.2) is 25.2 Å². The van der Waals surface area contributed by atoms with Gasteiger partial charge in [-0.1, -0.05) is 12.2 Å². The topological polar surface area (TPSA) is 47.3 Å². The lowest BCUT2D eigenvalue weighted by molar-refractivity contribution is 0.194. The summed E-state index contributed by atoms with van der Waals surface area (Å²) in [4.78, 5) is 0.0779. The fraction of sp³-hybridized carbons (Fsp3) is 0.417. The second kappa shape index (κ2) is 7.19. The molecule has 17 heavy (non-hydrogen) atoms. The fourth-order valence-corrected chi connectivity index (χ4v) is 1.59. The van der Waals surface area contributed by atoms with Crippen LogP contribution in [-0.2, 0) is 4.74 Å². The SMILES string of the molecule is COCCCCNc1ccc(C(N)=S)c(F)c1. The maximum absolute atomic E-state index is 13.5. The van der Waals surface area contributed by atoms with Gasteiger partial charge in [-0.25, -0.2) is 4.39 Å². The number of methoxy groups -OCH3 is 1. The van der Waals surface area contributed by atoms with Crippen molar-refractivity contribution in [3.8, 4) is 0 Å². The molecule has 0 saturated heterocycles. The van der Waals surface area contributed by atoms with Crippen LogP contribution in [0.25, 0.3) is 0 Å². The predicted octanol–water partition coefficient (Wildman–Crippen LogP) is 2.30. The van der Waals surface area contributed by atoms with Crippen molar-refractivity contribution in [3.05, 3.63) is 29.6 Å². The van der Waals surface area contributed by atoms with E-state index < -0.39 is 0 Å². The van der Waals surface area contributed by atoms with E-state index in [4.69, 9.17) is 22.7 Å². The zero-order valence-corrected chi connectivity index (χ0v) is 10.6. The standard InChI is InChI=1S/C12H17FN2OS/c1-16-7-3-2-6-15-9-4-5-10(12(14)17)11(13)8-9/h4-5,8,15H,2-3,6-7H2,1H3,(H2,14,17). The van der Waals surface area contributed by atoms with Crippen LogP contribution in [0.3, 0.4) is 0 Å². The van der Waals surface area contributed by atoms with Gasteiger partial charge in [0.15, 0.2) is 0 Å². The Balaban J connectivity index is 2.45. The summed E-state index contributed by atoms with van der Waals surface area (Å²) in [6.45, 7) is 1.53. The zero-order chi connectivity index (χ0) is 12.7. The first-order valence-corrected chi connectivity index (χ1v) is 5.88. The maximum Gasteiger partial charge on any atom is 0.135 e. The molecule has 0 unspecified atom stereocenters. The third-order valence-corrected chi connectivity index (χ3v) is 2.56. The Morgan fingerprint density at radius 1 is 1.47 bits per heavy atom. The van der Waals surface area contributed by atoms with E-state index in [9.17, 15) is 4.39 Å². The van der Waals surface area contributed by atoms with Crippen LogP contribution >= 0.6 is 12.2 Å². The smallest absolute Gasteiger partial charge is 0.135 e. The Hall–Kier alpha value is -1.20. The number of nitrogens with two attached hydrogens (primary N) is 1. The van der Waals surface area contributed by atoms with E-state index in [1.54, 1.807) is 19.2 Å². The molecule has 1 rings (SSSR count). The quantitative estimate of drug-likeness (QED) is 0.580. The number of benzene rings is 1. The molecular weight excluding hydrogens is 239 g/mol. The zero-order valence-electron chi connectivity index (χ0n) is 9.83. The van der Waals surface area contributed by atoms with Crippen LogP contribution in [0.1, 0.15) is 18.4 Å². The van der Waals surface area contributed by atoms with Gasteiger partial charge in [-0.3, -0.25) is 0 Å². The van der Waals surface area contributed by atoms with E-state index in [2.05, 4.69) is 5.32 Å². The first-order valence-electron chi connectivity index (χ1n) is 5.47. The van der Waals surface area contributed by atoms with E-state index in [-0.39, 0.29) is 16.4 Å². The average Bonchev–Trinajstić information content (AvgIpc) is 2.28. The molecule has 3 nitrogen and oxygen atoms in total. The van der Waals surface area contributed by atoms with Gasteiger partial charge in [0.2, 0.25) is 0 Å². The highest BCUT2D eigenvalue weighted by atomic mass is 32.1. The lowest BCUT2D eigenvalue weighted by Gasteiger charge is -2.08. The number of halogens is 1. The highest BCUT2D eigenvalue weighted by Gasteiger charge is 2.05. The molecule has 0 fully saturated rings. The molecule has 1 aromatic carbocycles. The summed E-state index contributed by atoms with van der Waals surface area (Å²) >= 11 is 4.73. The molecule has 0 radical (unpaired) electrons. The highest BCUT2D eigenvalue weighted by molar-refractivity contribution is 7.80. The van der Waals surface area contributed by atoms with Crippen molar-refractivity contribution in [2.24, 2.45) is 5.73 Å². The van der Waals surface area contributed by atoms with Gasteiger partial charge in [-0.15, -0.1) is 0 Å². The Morgan fingerprint density at radius 3 is 2.82 bits per heavy atom. The van der Waals surface area contributed by atoms with Crippen LogP contribution in [0.5, 0.6) is 0 Å². The first-order chi connectivity index (χ1) is 8.15. The van der Waals surface area contributed by atoms with Crippen LogP contribution in [0.2, 0.25) is 0 Å². The third kappa shape index (κ3) is 4.66. The Morgan fingerprint density at radius 2 is 2.24 bits per heavy atom. The summed E-state index contributed by atoms with van der Waals surface area (Å²) in [7, 11) is 1.68. The second-order valence-electron chi connectivity index (χ2n) is 3.69. The van der Waals surface area contributed by atoms with Gasteiger partial charge in [0.1, 0.15) is 10.8 Å². The molecule has 0 atom stereocenters. The molecule has 0 aliphatic heterocycles. The molecule has 0 bridgehead atoms. The number of thiocarbonyl (C=S) groups is 1. The number of anilines is 1. The lowest BCUT2D eigenvalue weighted by atomic mass is 10.2. The van der Waals surface area contributed by atoms with Crippen molar-refractivity contribution in [1.29, 1.82) is 0 Å². The molecule has 0 saturated carbocycles. The fourth-order valence-electron chi connectivity index (χ4n) is 1.43. The minimum Gasteiger partial charge on any atom is -0.389 e. The molecule has 0 aromatic heterocycles. The summed E-state index contributed by atoms with van der Waals surface area (Å²) in [5, 5.41) is 3.13. The van der Waals surface area contributed by atoms with Crippen LogP contribution in [0.4, 0.5) is 10.1 Å². The number of unbranched alkanes of at least 4 members (excludes halogenated alkanes) is 1. The summed E-state index contributed by atoms with van der Waals surface area (Å²) in [6.07, 6.45) is 1.96. The molecule has 1 aromatic rings. The molecule has 0 heterocycles. The largest absolute Gasteiger partial charge is 0.389 e. The normalized spacial score (nSPS) is 10.2. The second-order valence-corrected chi connectivity index (χ2v) is 4.13. The Kier molecular flexibility index (Phi) is 5.86. The van der Waals surface area contributed by atoms with Crippen molar-refractivity contribution in [2.45, 2.75) is 12.8 Å². The van der Waals surface area contributed by atoms with Crippen molar-refractivity contribution < 1.29 is 9.13 Å². The highest BCUT2D eigenvalue weighted by Crippen LogP contribution is 2.14. The van der Waals surface area contributed by atoms with Crippen LogP contribution in [0.15, 0.2) is 18.2 Å². The minimum absolute atomic E-state index is 0.0779. The molecule has 0 aliphatic carbocycles. The van der Waals surface area contributed by atoms with Crippen molar-refractivity contribution in [1.82, 2.24) is 0 Å². The monoisotopic (exact) mass is 256 g/mol. The molecule has 5 heteroatoms.